The summed E-state index contributed by atoms with van der Waals surface area (Å²) in [5, 5.41) is 0. The van der Waals surface area contributed by atoms with Crippen molar-refractivity contribution in [2.24, 2.45) is 11.8 Å². The maximum absolute atomic E-state index is 14.0. The molecule has 0 nitrogen and oxygen atoms in total. The first-order valence-corrected chi connectivity index (χ1v) is 7.55. The van der Waals surface area contributed by atoms with Crippen molar-refractivity contribution in [2.45, 2.75) is 30.3 Å². The van der Waals surface area contributed by atoms with E-state index >= 15 is 0 Å². The van der Waals surface area contributed by atoms with Crippen LogP contribution in [0, 0.1) is 11.8 Å². The van der Waals surface area contributed by atoms with E-state index in [9.17, 15) is 4.39 Å². The molecule has 3 rings (SSSR count). The minimum atomic E-state index is -0.496. The normalized spacial score (nSPS) is 38.5. The molecule has 4 atom stereocenters. The van der Waals surface area contributed by atoms with E-state index in [1.807, 2.05) is 6.07 Å². The van der Waals surface area contributed by atoms with Gasteiger partial charge in [-0.3, -0.25) is 0 Å². The summed E-state index contributed by atoms with van der Waals surface area (Å²) in [4.78, 5) is 0.374. The Hall–Kier alpha value is -0.331. The van der Waals surface area contributed by atoms with Crippen LogP contribution in [-0.2, 0) is 0 Å². The number of hydrogen-bond donors (Lipinski definition) is 0. The van der Waals surface area contributed by atoms with Crippen LogP contribution in [0.2, 0.25) is 4.82 Å². The summed E-state index contributed by atoms with van der Waals surface area (Å²) in [6.07, 6.45) is 3.10. The maximum atomic E-state index is 14.0. The van der Waals surface area contributed by atoms with Gasteiger partial charge in [0.15, 0.2) is 0 Å². The van der Waals surface area contributed by atoms with E-state index in [0.29, 0.717) is 31.6 Å². The molecule has 0 radical (unpaired) electrons. The molecule has 0 saturated heterocycles. The second-order valence-corrected chi connectivity index (χ2v) is 7.30. The standard InChI is InChI=1S/C13H15FSe/c14-12-9-6-7-10(8-9)13(12)15-11-4-2-1-3-5-11/h1-5,9-10,12-13H,6-8H2/t9-,10+,12+,13-/m0/s1. The van der Waals surface area contributed by atoms with E-state index in [2.05, 4.69) is 24.3 Å². The van der Waals surface area contributed by atoms with E-state index in [1.165, 1.54) is 17.3 Å². The van der Waals surface area contributed by atoms with Crippen LogP contribution in [0.1, 0.15) is 19.3 Å². The van der Waals surface area contributed by atoms with Crippen molar-refractivity contribution in [2.75, 3.05) is 0 Å². The topological polar surface area (TPSA) is 0 Å². The van der Waals surface area contributed by atoms with Gasteiger partial charge in [-0.15, -0.1) is 0 Å². The molecule has 1 aromatic rings. The molecule has 2 heteroatoms. The summed E-state index contributed by atoms with van der Waals surface area (Å²) < 4.78 is 15.4. The van der Waals surface area contributed by atoms with Crippen molar-refractivity contribution < 1.29 is 4.39 Å². The van der Waals surface area contributed by atoms with Gasteiger partial charge in [-0.1, -0.05) is 0 Å². The molecule has 0 amide bonds. The first-order chi connectivity index (χ1) is 7.34. The van der Waals surface area contributed by atoms with Crippen LogP contribution in [0.25, 0.3) is 0 Å². The van der Waals surface area contributed by atoms with Gasteiger partial charge in [-0.2, -0.15) is 0 Å². The Kier molecular flexibility index (Phi) is 2.58. The SMILES string of the molecule is F[C@@H]1[C@H]2CC[C@H](C2)[C@@H]1[Se]c1ccccc1. The minimum absolute atomic E-state index is 0.348. The zero-order valence-corrected chi connectivity index (χ0v) is 10.3. The van der Waals surface area contributed by atoms with Crippen LogP contribution in [0.4, 0.5) is 4.39 Å². The Morgan fingerprint density at radius 3 is 2.47 bits per heavy atom. The quantitative estimate of drug-likeness (QED) is 0.724. The average molecular weight is 269 g/mol. The third-order valence-corrected chi connectivity index (χ3v) is 6.82. The van der Waals surface area contributed by atoms with E-state index in [1.54, 1.807) is 0 Å². The molecule has 0 spiro atoms. The molecule has 2 bridgehead atoms. The summed E-state index contributed by atoms with van der Waals surface area (Å²) in [6.45, 7) is 0. The van der Waals surface area contributed by atoms with Crippen molar-refractivity contribution in [3.63, 3.8) is 0 Å². The van der Waals surface area contributed by atoms with Crippen LogP contribution in [0.3, 0.4) is 0 Å². The molecule has 0 unspecified atom stereocenters. The van der Waals surface area contributed by atoms with Crippen molar-refractivity contribution in [1.29, 1.82) is 0 Å². The Balaban J connectivity index is 1.74. The fourth-order valence-electron chi connectivity index (χ4n) is 2.99. The molecule has 2 saturated carbocycles. The molecule has 15 heavy (non-hydrogen) atoms. The number of alkyl halides is 1. The van der Waals surface area contributed by atoms with Gasteiger partial charge in [0.05, 0.1) is 0 Å². The summed E-state index contributed by atoms with van der Waals surface area (Å²) in [5.74, 6) is 1.11. The second kappa shape index (κ2) is 3.92. The Morgan fingerprint density at radius 2 is 1.80 bits per heavy atom. The zero-order chi connectivity index (χ0) is 10.3. The predicted molar refractivity (Wildman–Crippen MR) is 61.3 cm³/mol. The number of benzene rings is 1. The Labute approximate surface area is 96.4 Å². The van der Waals surface area contributed by atoms with E-state index in [0.717, 1.165) is 6.42 Å². The molecule has 2 aliphatic carbocycles. The number of halogens is 1. The van der Waals surface area contributed by atoms with Gasteiger partial charge in [0.1, 0.15) is 0 Å². The van der Waals surface area contributed by atoms with Gasteiger partial charge < -0.3 is 0 Å². The predicted octanol–water partition coefficient (Wildman–Crippen LogP) is 2.57. The Bertz CT molecular complexity index is 336. The van der Waals surface area contributed by atoms with Crippen molar-refractivity contribution in [3.8, 4) is 0 Å². The fraction of sp³-hybridized carbons (Fsp3) is 0.538. The number of rotatable bonds is 2. The second-order valence-electron chi connectivity index (χ2n) is 4.67. The molecule has 0 heterocycles. The van der Waals surface area contributed by atoms with E-state index in [4.69, 9.17) is 0 Å². The molecule has 80 valence electrons. The summed E-state index contributed by atoms with van der Waals surface area (Å²) in [5.41, 5.74) is 0. The van der Waals surface area contributed by atoms with Crippen LogP contribution >= 0.6 is 0 Å². The Morgan fingerprint density at radius 1 is 1.07 bits per heavy atom. The summed E-state index contributed by atoms with van der Waals surface area (Å²) >= 11 is 0.348. The molecule has 0 aromatic heterocycles. The van der Waals surface area contributed by atoms with Gasteiger partial charge >= 0.3 is 96.2 Å². The molecule has 2 aliphatic rings. The van der Waals surface area contributed by atoms with Gasteiger partial charge in [-0.05, 0) is 0 Å². The summed E-state index contributed by atoms with van der Waals surface area (Å²) in [6, 6.07) is 10.5. The van der Waals surface area contributed by atoms with Crippen LogP contribution in [0.5, 0.6) is 0 Å². The zero-order valence-electron chi connectivity index (χ0n) is 8.60. The molecular formula is C13H15FSe. The van der Waals surface area contributed by atoms with Gasteiger partial charge in [0, 0.05) is 0 Å². The van der Waals surface area contributed by atoms with Crippen LogP contribution in [-0.4, -0.2) is 21.1 Å². The molecule has 0 N–H and O–H groups in total. The number of fused-ring (bicyclic) bond motifs is 2. The van der Waals surface area contributed by atoms with Crippen molar-refractivity contribution in [1.82, 2.24) is 0 Å². The average Bonchev–Trinajstić information content (AvgIpc) is 2.84. The van der Waals surface area contributed by atoms with Crippen molar-refractivity contribution >= 4 is 19.4 Å². The molecule has 1 aromatic carbocycles. The van der Waals surface area contributed by atoms with E-state index in [-0.39, 0.29) is 0 Å². The van der Waals surface area contributed by atoms with Gasteiger partial charge in [0.25, 0.3) is 0 Å². The van der Waals surface area contributed by atoms with E-state index < -0.39 is 6.17 Å². The van der Waals surface area contributed by atoms with Crippen LogP contribution in [0.15, 0.2) is 30.3 Å². The fourth-order valence-corrected chi connectivity index (χ4v) is 5.97. The first-order valence-electron chi connectivity index (χ1n) is 5.70. The summed E-state index contributed by atoms with van der Waals surface area (Å²) in [7, 11) is 0. The molecular weight excluding hydrogens is 254 g/mol. The number of hydrogen-bond acceptors (Lipinski definition) is 0. The molecule has 0 aliphatic heterocycles. The van der Waals surface area contributed by atoms with Crippen LogP contribution < -0.4 is 4.46 Å². The van der Waals surface area contributed by atoms with Crippen molar-refractivity contribution in [3.05, 3.63) is 30.3 Å². The van der Waals surface area contributed by atoms with Gasteiger partial charge in [0.2, 0.25) is 0 Å². The molecule has 2 fully saturated rings. The first kappa shape index (κ1) is 9.86. The monoisotopic (exact) mass is 270 g/mol. The van der Waals surface area contributed by atoms with Gasteiger partial charge in [-0.25, -0.2) is 0 Å². The third-order valence-electron chi connectivity index (χ3n) is 3.76. The third kappa shape index (κ3) is 1.74.